The van der Waals surface area contributed by atoms with Gasteiger partial charge in [-0.1, -0.05) is 31.4 Å². The molecule has 1 aromatic rings. The van der Waals surface area contributed by atoms with E-state index in [-0.39, 0.29) is 29.9 Å². The summed E-state index contributed by atoms with van der Waals surface area (Å²) in [6.45, 7) is 2.93. The van der Waals surface area contributed by atoms with Crippen molar-refractivity contribution >= 4 is 12.4 Å². The average Bonchev–Trinajstić information content (AvgIpc) is 2.56. The van der Waals surface area contributed by atoms with Crippen molar-refractivity contribution < 1.29 is 17.6 Å². The molecule has 0 bridgehead atoms. The van der Waals surface area contributed by atoms with E-state index in [1.807, 2.05) is 0 Å². The van der Waals surface area contributed by atoms with Crippen molar-refractivity contribution in [2.75, 3.05) is 26.2 Å². The van der Waals surface area contributed by atoms with E-state index in [4.69, 9.17) is 0 Å². The molecule has 2 aliphatic rings. The minimum atomic E-state index is -4.67. The van der Waals surface area contributed by atoms with Gasteiger partial charge in [0.05, 0.1) is 5.56 Å². The van der Waals surface area contributed by atoms with Gasteiger partial charge in [0.1, 0.15) is 5.82 Å². The number of alkyl halides is 3. The van der Waals surface area contributed by atoms with Crippen LogP contribution in [-0.2, 0) is 6.18 Å². The number of nitrogens with one attached hydrogen (secondary N) is 1. The van der Waals surface area contributed by atoms with Gasteiger partial charge in [-0.2, -0.15) is 13.2 Å². The number of halogens is 5. The van der Waals surface area contributed by atoms with Crippen molar-refractivity contribution in [1.82, 2.24) is 10.2 Å². The molecule has 1 N–H and O–H groups in total. The largest absolute Gasteiger partial charge is 0.419 e. The summed E-state index contributed by atoms with van der Waals surface area (Å²) in [6.07, 6.45) is 0.403. The molecule has 1 aliphatic heterocycles. The summed E-state index contributed by atoms with van der Waals surface area (Å²) < 4.78 is 54.7. The summed E-state index contributed by atoms with van der Waals surface area (Å²) in [6, 6.07) is 3.47. The Hall–Kier alpha value is -0.850. The predicted octanol–water partition coefficient (Wildman–Crippen LogP) is 4.79. The van der Waals surface area contributed by atoms with Crippen molar-refractivity contribution in [3.05, 3.63) is 35.1 Å². The zero-order chi connectivity index (χ0) is 17.2. The molecular weight excluding hydrogens is 356 g/mol. The third-order valence-electron chi connectivity index (χ3n) is 5.29. The summed E-state index contributed by atoms with van der Waals surface area (Å²) in [5, 5.41) is 3.24. The van der Waals surface area contributed by atoms with Crippen molar-refractivity contribution in [3.63, 3.8) is 0 Å². The van der Waals surface area contributed by atoms with E-state index in [9.17, 15) is 17.6 Å². The van der Waals surface area contributed by atoms with Crippen LogP contribution in [0.25, 0.3) is 0 Å². The lowest BCUT2D eigenvalue weighted by atomic mass is 9.78. The topological polar surface area (TPSA) is 15.3 Å². The predicted molar refractivity (Wildman–Crippen MR) is 92.4 cm³/mol. The van der Waals surface area contributed by atoms with Crippen LogP contribution in [0.4, 0.5) is 17.6 Å². The van der Waals surface area contributed by atoms with Gasteiger partial charge in [0.15, 0.2) is 0 Å². The zero-order valence-corrected chi connectivity index (χ0v) is 14.9. The molecule has 1 heterocycles. The Bertz CT molecular complexity index is 534. The van der Waals surface area contributed by atoms with E-state index in [2.05, 4.69) is 10.2 Å². The molecule has 3 rings (SSSR count). The van der Waals surface area contributed by atoms with Crippen LogP contribution in [-0.4, -0.2) is 31.1 Å². The molecule has 1 atom stereocenters. The van der Waals surface area contributed by atoms with E-state index in [1.54, 1.807) is 0 Å². The van der Waals surface area contributed by atoms with Gasteiger partial charge in [0, 0.05) is 32.2 Å². The molecule has 1 aromatic carbocycles. The Morgan fingerprint density at radius 1 is 1.04 bits per heavy atom. The van der Waals surface area contributed by atoms with Gasteiger partial charge in [0.2, 0.25) is 0 Å². The Morgan fingerprint density at radius 3 is 2.28 bits per heavy atom. The van der Waals surface area contributed by atoms with Crippen LogP contribution in [0.15, 0.2) is 18.2 Å². The van der Waals surface area contributed by atoms with Gasteiger partial charge in [0.25, 0.3) is 0 Å². The third kappa shape index (κ3) is 4.66. The van der Waals surface area contributed by atoms with Crippen molar-refractivity contribution in [2.24, 2.45) is 5.92 Å². The van der Waals surface area contributed by atoms with E-state index in [0.717, 1.165) is 51.3 Å². The number of hydrogen-bond donors (Lipinski definition) is 1. The molecule has 0 unspecified atom stereocenters. The molecule has 0 radical (unpaired) electrons. The van der Waals surface area contributed by atoms with Gasteiger partial charge in [-0.3, -0.25) is 4.90 Å². The highest BCUT2D eigenvalue weighted by atomic mass is 35.5. The number of nitrogens with zero attached hydrogens (tertiary/aromatic N) is 1. The van der Waals surface area contributed by atoms with Gasteiger partial charge in [-0.15, -0.1) is 12.4 Å². The highest BCUT2D eigenvalue weighted by Gasteiger charge is 2.41. The minimum Gasteiger partial charge on any atom is -0.314 e. The average molecular weight is 381 g/mol. The molecule has 2 fully saturated rings. The van der Waals surface area contributed by atoms with E-state index in [1.165, 1.54) is 12.1 Å². The van der Waals surface area contributed by atoms with Crippen molar-refractivity contribution in [2.45, 2.75) is 44.3 Å². The molecule has 0 amide bonds. The zero-order valence-electron chi connectivity index (χ0n) is 14.1. The molecule has 1 saturated heterocycles. The van der Waals surface area contributed by atoms with Crippen LogP contribution < -0.4 is 5.32 Å². The summed E-state index contributed by atoms with van der Waals surface area (Å²) in [5.41, 5.74) is -0.949. The Kier molecular flexibility index (Phi) is 7.11. The summed E-state index contributed by atoms with van der Waals surface area (Å²) in [4.78, 5) is 2.12. The maximum atomic E-state index is 14.1. The first-order valence-corrected chi connectivity index (χ1v) is 8.79. The van der Waals surface area contributed by atoms with E-state index >= 15 is 0 Å². The molecule has 25 heavy (non-hydrogen) atoms. The van der Waals surface area contributed by atoms with Crippen molar-refractivity contribution in [3.8, 4) is 0 Å². The van der Waals surface area contributed by atoms with Gasteiger partial charge < -0.3 is 5.32 Å². The SMILES string of the molecule is Cl.Fc1cccc([C@@H](C2CCCCC2)N2CCNCC2)c1C(F)(F)F. The molecule has 1 aliphatic carbocycles. The van der Waals surface area contributed by atoms with Crippen molar-refractivity contribution in [1.29, 1.82) is 0 Å². The second-order valence-electron chi connectivity index (χ2n) is 6.83. The first-order chi connectivity index (χ1) is 11.5. The van der Waals surface area contributed by atoms with E-state index < -0.39 is 17.6 Å². The van der Waals surface area contributed by atoms with Gasteiger partial charge >= 0.3 is 6.18 Å². The van der Waals surface area contributed by atoms with Crippen LogP contribution in [0.3, 0.4) is 0 Å². The Morgan fingerprint density at radius 2 is 1.68 bits per heavy atom. The number of benzene rings is 1. The normalized spacial score (nSPS) is 21.6. The summed E-state index contributed by atoms with van der Waals surface area (Å²) in [7, 11) is 0. The van der Waals surface area contributed by atoms with Crippen LogP contribution in [0.1, 0.15) is 49.3 Å². The first-order valence-electron chi connectivity index (χ1n) is 8.79. The van der Waals surface area contributed by atoms with Gasteiger partial charge in [-0.05, 0) is 30.4 Å². The van der Waals surface area contributed by atoms with Crippen LogP contribution in [0.5, 0.6) is 0 Å². The highest BCUT2D eigenvalue weighted by molar-refractivity contribution is 5.85. The van der Waals surface area contributed by atoms with Crippen LogP contribution in [0, 0.1) is 11.7 Å². The third-order valence-corrected chi connectivity index (χ3v) is 5.29. The molecule has 0 aromatic heterocycles. The Labute approximate surface area is 152 Å². The highest BCUT2D eigenvalue weighted by Crippen LogP contribution is 2.44. The molecule has 0 spiro atoms. The fraction of sp³-hybridized carbons (Fsp3) is 0.667. The summed E-state index contributed by atoms with van der Waals surface area (Å²) >= 11 is 0. The molecule has 1 saturated carbocycles. The number of piperazine rings is 1. The molecule has 2 nitrogen and oxygen atoms in total. The lowest BCUT2D eigenvalue weighted by Crippen LogP contribution is -2.47. The quantitative estimate of drug-likeness (QED) is 0.758. The first kappa shape index (κ1) is 20.5. The lowest BCUT2D eigenvalue weighted by molar-refractivity contribution is -0.141. The minimum absolute atomic E-state index is 0. The number of rotatable bonds is 3. The fourth-order valence-electron chi connectivity index (χ4n) is 4.25. The Balaban J connectivity index is 0.00000225. The fourth-order valence-corrected chi connectivity index (χ4v) is 4.25. The maximum absolute atomic E-state index is 14.1. The van der Waals surface area contributed by atoms with Crippen LogP contribution in [0.2, 0.25) is 0 Å². The molecule has 142 valence electrons. The molecule has 7 heteroatoms. The standard InChI is InChI=1S/C18H24F4N2.ClH/c19-15-8-4-7-14(16(15)18(20,21)22)17(13-5-2-1-3-6-13)24-11-9-23-10-12-24;/h4,7-8,13,17,23H,1-3,5-6,9-12H2;1H/t17-;/m1./s1. The number of hydrogen-bond acceptors (Lipinski definition) is 2. The second-order valence-corrected chi connectivity index (χ2v) is 6.83. The lowest BCUT2D eigenvalue weighted by Gasteiger charge is -2.42. The van der Waals surface area contributed by atoms with Gasteiger partial charge in [-0.25, -0.2) is 4.39 Å². The van der Waals surface area contributed by atoms with Crippen LogP contribution >= 0.6 is 12.4 Å². The second kappa shape index (κ2) is 8.69. The maximum Gasteiger partial charge on any atom is 0.419 e. The smallest absolute Gasteiger partial charge is 0.314 e. The monoisotopic (exact) mass is 380 g/mol. The summed E-state index contributed by atoms with van der Waals surface area (Å²) in [5.74, 6) is -0.990. The molecular formula is C18H25ClF4N2. The van der Waals surface area contributed by atoms with E-state index in [0.29, 0.717) is 13.1 Å².